The first kappa shape index (κ1) is 14.7. The van der Waals surface area contributed by atoms with E-state index in [9.17, 15) is 18.5 Å². The Morgan fingerprint density at radius 1 is 1.29 bits per heavy atom. The van der Waals surface area contributed by atoms with Crippen LogP contribution in [-0.4, -0.2) is 24.6 Å². The van der Waals surface area contributed by atoms with E-state index in [0.717, 1.165) is 12.3 Å². The maximum absolute atomic E-state index is 11.5. The number of pyridine rings is 1. The number of nitrogens with zero attached hydrogens (tertiary/aromatic N) is 2. The zero-order chi connectivity index (χ0) is 15.6. The molecule has 21 heavy (non-hydrogen) atoms. The summed E-state index contributed by atoms with van der Waals surface area (Å²) >= 11 is 0. The van der Waals surface area contributed by atoms with E-state index >= 15 is 0 Å². The van der Waals surface area contributed by atoms with Gasteiger partial charge in [-0.25, -0.2) is 8.42 Å². The van der Waals surface area contributed by atoms with Crippen molar-refractivity contribution in [2.75, 3.05) is 12.0 Å². The van der Waals surface area contributed by atoms with E-state index < -0.39 is 14.8 Å². The van der Waals surface area contributed by atoms with Crippen molar-refractivity contribution in [3.8, 4) is 11.6 Å². The monoisotopic (exact) mass is 309 g/mol. The molecule has 1 heterocycles. The highest BCUT2D eigenvalue weighted by Gasteiger charge is 2.18. The highest BCUT2D eigenvalue weighted by Crippen LogP contribution is 2.30. The number of sulfone groups is 1. The summed E-state index contributed by atoms with van der Waals surface area (Å²) in [7, 11) is -3.41. The van der Waals surface area contributed by atoms with Crippen LogP contribution < -0.4 is 10.5 Å². The van der Waals surface area contributed by atoms with E-state index in [0.29, 0.717) is 0 Å². The number of hydrogen-bond acceptors (Lipinski definition) is 7. The van der Waals surface area contributed by atoms with Crippen LogP contribution in [-0.2, 0) is 9.84 Å². The Kier molecular flexibility index (Phi) is 3.76. The molecule has 0 saturated heterocycles. The molecule has 0 aliphatic heterocycles. The number of hydrogen-bond donors (Lipinski definition) is 1. The van der Waals surface area contributed by atoms with Crippen LogP contribution in [0.4, 0.5) is 11.5 Å². The number of nitro groups is 1. The number of benzene rings is 1. The molecule has 8 nitrogen and oxygen atoms in total. The lowest BCUT2D eigenvalue weighted by Crippen LogP contribution is -2.00. The van der Waals surface area contributed by atoms with Gasteiger partial charge in [-0.3, -0.25) is 10.1 Å². The predicted molar refractivity (Wildman–Crippen MR) is 74.9 cm³/mol. The fourth-order valence-corrected chi connectivity index (χ4v) is 2.20. The number of nitrogen functional groups attached to an aromatic ring is 1. The molecule has 0 radical (unpaired) electrons. The Labute approximate surface area is 120 Å². The number of nitrogens with two attached hydrogens (primary N) is 1. The Morgan fingerprint density at radius 2 is 2.00 bits per heavy atom. The van der Waals surface area contributed by atoms with Gasteiger partial charge in [0.05, 0.1) is 9.82 Å². The first-order valence-corrected chi connectivity index (χ1v) is 7.55. The van der Waals surface area contributed by atoms with E-state index in [1.165, 1.54) is 30.3 Å². The third-order valence-electron chi connectivity index (χ3n) is 2.51. The molecule has 0 amide bonds. The van der Waals surface area contributed by atoms with Crippen molar-refractivity contribution in [1.29, 1.82) is 0 Å². The van der Waals surface area contributed by atoms with Crippen molar-refractivity contribution in [2.24, 2.45) is 0 Å². The Hall–Kier alpha value is -2.68. The molecule has 2 N–H and O–H groups in total. The smallest absolute Gasteiger partial charge is 0.331 e. The number of anilines is 1. The second kappa shape index (κ2) is 5.37. The minimum Gasteiger partial charge on any atom is -0.434 e. The minimum absolute atomic E-state index is 0.0338. The molecule has 1 aromatic heterocycles. The molecular weight excluding hydrogens is 298 g/mol. The van der Waals surface area contributed by atoms with Crippen LogP contribution in [0.5, 0.6) is 11.6 Å². The van der Waals surface area contributed by atoms with Gasteiger partial charge < -0.3 is 10.5 Å². The van der Waals surface area contributed by atoms with E-state index in [1.54, 1.807) is 0 Å². The zero-order valence-electron chi connectivity index (χ0n) is 10.9. The topological polar surface area (TPSA) is 125 Å². The molecule has 0 spiro atoms. The van der Waals surface area contributed by atoms with Gasteiger partial charge in [0.15, 0.2) is 9.84 Å². The summed E-state index contributed by atoms with van der Waals surface area (Å²) in [4.78, 5) is 14.0. The number of aromatic nitrogens is 1. The summed E-state index contributed by atoms with van der Waals surface area (Å²) in [5.41, 5.74) is 5.10. The summed E-state index contributed by atoms with van der Waals surface area (Å²) in [6.45, 7) is 0. The first-order chi connectivity index (χ1) is 9.77. The molecule has 0 aliphatic carbocycles. The van der Waals surface area contributed by atoms with Gasteiger partial charge in [-0.05, 0) is 24.3 Å². The molecule has 0 bridgehead atoms. The van der Waals surface area contributed by atoms with E-state index in [-0.39, 0.29) is 28.0 Å². The van der Waals surface area contributed by atoms with Crippen molar-refractivity contribution in [3.63, 3.8) is 0 Å². The Balaban J connectivity index is 2.43. The lowest BCUT2D eigenvalue weighted by atomic mass is 10.3. The molecule has 0 saturated carbocycles. The van der Waals surface area contributed by atoms with Crippen LogP contribution in [0.15, 0.2) is 41.3 Å². The molecule has 2 rings (SSSR count). The zero-order valence-corrected chi connectivity index (χ0v) is 11.7. The number of ether oxygens (including phenoxy) is 1. The SMILES string of the molecule is CS(=O)(=O)c1cccc(Oc2nc(N)ccc2[N+](=O)[O-])c1. The van der Waals surface area contributed by atoms with E-state index in [4.69, 9.17) is 10.5 Å². The van der Waals surface area contributed by atoms with Gasteiger partial charge in [0.2, 0.25) is 0 Å². The van der Waals surface area contributed by atoms with Gasteiger partial charge in [0.25, 0.3) is 0 Å². The van der Waals surface area contributed by atoms with Crippen LogP contribution in [0.1, 0.15) is 0 Å². The van der Waals surface area contributed by atoms with Gasteiger partial charge in [-0.15, -0.1) is 0 Å². The average molecular weight is 309 g/mol. The average Bonchev–Trinajstić information content (AvgIpc) is 2.37. The van der Waals surface area contributed by atoms with Crippen molar-refractivity contribution >= 4 is 21.3 Å². The largest absolute Gasteiger partial charge is 0.434 e. The molecule has 0 atom stereocenters. The van der Waals surface area contributed by atoms with Gasteiger partial charge in [-0.1, -0.05) is 6.07 Å². The second-order valence-electron chi connectivity index (χ2n) is 4.17. The van der Waals surface area contributed by atoms with Crippen molar-refractivity contribution < 1.29 is 18.1 Å². The third kappa shape index (κ3) is 3.45. The minimum atomic E-state index is -3.41. The van der Waals surface area contributed by atoms with Crippen LogP contribution in [0.2, 0.25) is 0 Å². The Morgan fingerprint density at radius 3 is 2.62 bits per heavy atom. The molecule has 2 aromatic rings. The first-order valence-electron chi connectivity index (χ1n) is 5.66. The van der Waals surface area contributed by atoms with Gasteiger partial charge in [0, 0.05) is 12.3 Å². The van der Waals surface area contributed by atoms with Crippen LogP contribution >= 0.6 is 0 Å². The fourth-order valence-electron chi connectivity index (χ4n) is 1.54. The van der Waals surface area contributed by atoms with Crippen LogP contribution in [0.3, 0.4) is 0 Å². The summed E-state index contributed by atoms with van der Waals surface area (Å²) in [5, 5.41) is 10.9. The van der Waals surface area contributed by atoms with E-state index in [2.05, 4.69) is 4.98 Å². The molecule has 0 unspecified atom stereocenters. The van der Waals surface area contributed by atoms with Crippen LogP contribution in [0.25, 0.3) is 0 Å². The third-order valence-corrected chi connectivity index (χ3v) is 3.62. The highest BCUT2D eigenvalue weighted by atomic mass is 32.2. The lowest BCUT2D eigenvalue weighted by molar-refractivity contribution is -0.386. The molecule has 9 heteroatoms. The van der Waals surface area contributed by atoms with Crippen molar-refractivity contribution in [2.45, 2.75) is 4.90 Å². The van der Waals surface area contributed by atoms with Crippen LogP contribution in [0, 0.1) is 10.1 Å². The summed E-state index contributed by atoms with van der Waals surface area (Å²) < 4.78 is 28.2. The summed E-state index contributed by atoms with van der Waals surface area (Å²) in [6.07, 6.45) is 1.05. The molecule has 1 aromatic carbocycles. The maximum atomic E-state index is 11.5. The molecular formula is C12H11N3O5S. The maximum Gasteiger partial charge on any atom is 0.331 e. The molecule has 110 valence electrons. The summed E-state index contributed by atoms with van der Waals surface area (Å²) in [5.74, 6) is -0.139. The highest BCUT2D eigenvalue weighted by molar-refractivity contribution is 7.90. The van der Waals surface area contributed by atoms with Crippen molar-refractivity contribution in [1.82, 2.24) is 4.98 Å². The quantitative estimate of drug-likeness (QED) is 0.673. The molecule has 0 aliphatic rings. The number of rotatable bonds is 4. The Bertz CT molecular complexity index is 804. The van der Waals surface area contributed by atoms with E-state index in [1.807, 2.05) is 0 Å². The fraction of sp³-hybridized carbons (Fsp3) is 0.0833. The molecule has 0 fully saturated rings. The lowest BCUT2D eigenvalue weighted by Gasteiger charge is -2.07. The standard InChI is InChI=1S/C12H11N3O5S/c1-21(18,19)9-4-2-3-8(7-9)20-12-10(15(16)17)5-6-11(13)14-12/h2-7H,1H3,(H2,13,14). The van der Waals surface area contributed by atoms with Crippen molar-refractivity contribution in [3.05, 3.63) is 46.5 Å². The summed E-state index contributed by atoms with van der Waals surface area (Å²) in [6, 6.07) is 8.01. The van der Waals surface area contributed by atoms with Gasteiger partial charge in [0.1, 0.15) is 11.6 Å². The van der Waals surface area contributed by atoms with Gasteiger partial charge >= 0.3 is 11.6 Å². The van der Waals surface area contributed by atoms with Gasteiger partial charge in [-0.2, -0.15) is 4.98 Å². The predicted octanol–water partition coefficient (Wildman–Crippen LogP) is 1.77. The second-order valence-corrected chi connectivity index (χ2v) is 6.18. The normalized spacial score (nSPS) is 11.1.